The highest BCUT2D eigenvalue weighted by molar-refractivity contribution is 5.78. The first-order chi connectivity index (χ1) is 12.3. The molecule has 2 aromatic carbocycles. The monoisotopic (exact) mass is 355 g/mol. The molecule has 0 bridgehead atoms. The molecule has 0 saturated heterocycles. The molecule has 26 heavy (non-hydrogen) atoms. The summed E-state index contributed by atoms with van der Waals surface area (Å²) in [5.74, 6) is -1.94. The topological polar surface area (TPSA) is 75.6 Å². The minimum atomic E-state index is -1.02. The summed E-state index contributed by atoms with van der Waals surface area (Å²) in [6.07, 6.45) is 0. The van der Waals surface area contributed by atoms with Crippen LogP contribution in [-0.4, -0.2) is 35.2 Å². The number of carboxylic acids is 1. The van der Waals surface area contributed by atoms with Crippen LogP contribution in [0.1, 0.15) is 37.8 Å². The van der Waals surface area contributed by atoms with Gasteiger partial charge < -0.3 is 9.84 Å². The van der Waals surface area contributed by atoms with Gasteiger partial charge in [0.1, 0.15) is 11.6 Å². The second-order valence-corrected chi connectivity index (χ2v) is 7.08. The fourth-order valence-electron chi connectivity index (χ4n) is 2.82. The highest BCUT2D eigenvalue weighted by Crippen LogP contribution is 2.28. The first kappa shape index (κ1) is 19.7. The Labute approximate surface area is 154 Å². The van der Waals surface area contributed by atoms with Gasteiger partial charge in [-0.2, -0.15) is 0 Å². The Morgan fingerprint density at radius 2 is 1.42 bits per heavy atom. The van der Waals surface area contributed by atoms with E-state index < -0.39 is 29.5 Å². The molecule has 0 radical (unpaired) electrons. The Kier molecular flexibility index (Phi) is 6.52. The zero-order chi connectivity index (χ0) is 19.2. The Bertz CT molecular complexity index is 683. The molecule has 0 aliphatic heterocycles. The lowest BCUT2D eigenvalue weighted by Gasteiger charge is -2.26. The molecule has 5 heteroatoms. The van der Waals surface area contributed by atoms with Crippen molar-refractivity contribution in [1.82, 2.24) is 5.32 Å². The van der Waals surface area contributed by atoms with Gasteiger partial charge in [0.25, 0.3) is 0 Å². The van der Waals surface area contributed by atoms with Gasteiger partial charge in [-0.3, -0.25) is 14.9 Å². The third-order valence-electron chi connectivity index (χ3n) is 3.80. The minimum Gasteiger partial charge on any atom is -0.480 e. The predicted molar refractivity (Wildman–Crippen MR) is 100.0 cm³/mol. The van der Waals surface area contributed by atoms with E-state index in [2.05, 4.69) is 5.32 Å². The van der Waals surface area contributed by atoms with Gasteiger partial charge in [0.05, 0.1) is 6.54 Å². The second-order valence-electron chi connectivity index (χ2n) is 7.08. The second kappa shape index (κ2) is 8.63. The molecule has 0 amide bonds. The van der Waals surface area contributed by atoms with Gasteiger partial charge in [-0.15, -0.1) is 0 Å². The summed E-state index contributed by atoms with van der Waals surface area (Å²) < 4.78 is 5.26. The summed E-state index contributed by atoms with van der Waals surface area (Å²) in [6, 6.07) is 17.9. The number of benzene rings is 2. The van der Waals surface area contributed by atoms with Crippen molar-refractivity contribution in [3.05, 3.63) is 71.8 Å². The van der Waals surface area contributed by atoms with Crippen LogP contribution in [0, 0.1) is 0 Å². The minimum absolute atomic E-state index is 0.176. The summed E-state index contributed by atoms with van der Waals surface area (Å²) in [4.78, 5) is 24.0. The van der Waals surface area contributed by atoms with Gasteiger partial charge in [-0.1, -0.05) is 60.7 Å². The van der Waals surface area contributed by atoms with E-state index in [4.69, 9.17) is 4.74 Å². The summed E-state index contributed by atoms with van der Waals surface area (Å²) >= 11 is 0. The van der Waals surface area contributed by atoms with Crippen LogP contribution in [0.2, 0.25) is 0 Å². The predicted octanol–water partition coefficient (Wildman–Crippen LogP) is 3.20. The van der Waals surface area contributed by atoms with E-state index in [1.807, 2.05) is 60.7 Å². The standard InChI is InChI=1S/C21H25NO4/c1-21(2,3)26-17(23)14-22-19(20(24)25)18(15-10-6-4-7-11-15)16-12-8-5-9-13-16/h4-13,18-19,22H,14H2,1-3H3,(H,24,25). The summed E-state index contributed by atoms with van der Waals surface area (Å²) in [6.45, 7) is 5.15. The van der Waals surface area contributed by atoms with E-state index in [0.29, 0.717) is 0 Å². The lowest BCUT2D eigenvalue weighted by atomic mass is 9.85. The van der Waals surface area contributed by atoms with Crippen LogP contribution in [0.5, 0.6) is 0 Å². The number of hydrogen-bond acceptors (Lipinski definition) is 4. The van der Waals surface area contributed by atoms with E-state index in [1.54, 1.807) is 20.8 Å². The Morgan fingerprint density at radius 3 is 1.81 bits per heavy atom. The van der Waals surface area contributed by atoms with Crippen LogP contribution >= 0.6 is 0 Å². The molecule has 0 aliphatic rings. The van der Waals surface area contributed by atoms with E-state index in [-0.39, 0.29) is 6.54 Å². The van der Waals surface area contributed by atoms with Crippen LogP contribution in [0.4, 0.5) is 0 Å². The first-order valence-corrected chi connectivity index (χ1v) is 8.56. The third kappa shape index (κ3) is 5.70. The highest BCUT2D eigenvalue weighted by atomic mass is 16.6. The number of ether oxygens (including phenoxy) is 1. The maximum Gasteiger partial charge on any atom is 0.321 e. The first-order valence-electron chi connectivity index (χ1n) is 8.56. The van der Waals surface area contributed by atoms with E-state index >= 15 is 0 Å². The van der Waals surface area contributed by atoms with Gasteiger partial charge in [-0.05, 0) is 31.9 Å². The number of carboxylic acid groups (broad SMARTS) is 1. The zero-order valence-corrected chi connectivity index (χ0v) is 15.3. The molecule has 1 atom stereocenters. The fourth-order valence-corrected chi connectivity index (χ4v) is 2.82. The zero-order valence-electron chi connectivity index (χ0n) is 15.3. The molecule has 2 N–H and O–H groups in total. The molecular formula is C21H25NO4. The van der Waals surface area contributed by atoms with Crippen LogP contribution in [0.15, 0.2) is 60.7 Å². The summed E-state index contributed by atoms with van der Waals surface area (Å²) in [5.41, 5.74) is 1.11. The Balaban J connectivity index is 2.27. The molecule has 2 rings (SSSR count). The lowest BCUT2D eigenvalue weighted by molar-refractivity contribution is -0.154. The van der Waals surface area contributed by atoms with Crippen LogP contribution in [-0.2, 0) is 14.3 Å². The quantitative estimate of drug-likeness (QED) is 0.746. The van der Waals surface area contributed by atoms with Crippen molar-refractivity contribution in [2.45, 2.75) is 38.3 Å². The van der Waals surface area contributed by atoms with Crippen molar-refractivity contribution in [3.63, 3.8) is 0 Å². The van der Waals surface area contributed by atoms with Gasteiger partial charge in [0.2, 0.25) is 0 Å². The van der Waals surface area contributed by atoms with E-state index in [1.165, 1.54) is 0 Å². The molecule has 0 saturated carbocycles. The van der Waals surface area contributed by atoms with Crippen LogP contribution in [0.3, 0.4) is 0 Å². The largest absolute Gasteiger partial charge is 0.480 e. The molecule has 1 unspecified atom stereocenters. The van der Waals surface area contributed by atoms with Gasteiger partial charge >= 0.3 is 11.9 Å². The molecule has 138 valence electrons. The molecular weight excluding hydrogens is 330 g/mol. The Hall–Kier alpha value is -2.66. The van der Waals surface area contributed by atoms with E-state index in [9.17, 15) is 14.7 Å². The number of aliphatic carboxylic acids is 1. The van der Waals surface area contributed by atoms with Gasteiger partial charge in [0.15, 0.2) is 0 Å². The van der Waals surface area contributed by atoms with Gasteiger partial charge in [0, 0.05) is 5.92 Å². The van der Waals surface area contributed by atoms with Crippen molar-refractivity contribution in [3.8, 4) is 0 Å². The molecule has 5 nitrogen and oxygen atoms in total. The highest BCUT2D eigenvalue weighted by Gasteiger charge is 2.31. The van der Waals surface area contributed by atoms with E-state index in [0.717, 1.165) is 11.1 Å². The molecule has 0 fully saturated rings. The number of rotatable bonds is 7. The maximum absolute atomic E-state index is 12.0. The summed E-state index contributed by atoms with van der Waals surface area (Å²) in [5, 5.41) is 12.7. The molecule has 2 aromatic rings. The summed E-state index contributed by atoms with van der Waals surface area (Å²) in [7, 11) is 0. The molecule has 0 spiro atoms. The van der Waals surface area contributed by atoms with Crippen molar-refractivity contribution >= 4 is 11.9 Å². The van der Waals surface area contributed by atoms with Crippen LogP contribution < -0.4 is 5.32 Å². The molecule has 0 aromatic heterocycles. The number of carbonyl (C=O) groups is 2. The lowest BCUT2D eigenvalue weighted by Crippen LogP contribution is -2.45. The molecule has 0 aliphatic carbocycles. The number of esters is 1. The average molecular weight is 355 g/mol. The van der Waals surface area contributed by atoms with Crippen molar-refractivity contribution in [2.24, 2.45) is 0 Å². The fraction of sp³-hybridized carbons (Fsp3) is 0.333. The SMILES string of the molecule is CC(C)(C)OC(=O)CNC(C(=O)O)C(c1ccccc1)c1ccccc1. The van der Waals surface area contributed by atoms with Crippen molar-refractivity contribution in [1.29, 1.82) is 0 Å². The van der Waals surface area contributed by atoms with Crippen LogP contribution in [0.25, 0.3) is 0 Å². The Morgan fingerprint density at radius 1 is 0.962 bits per heavy atom. The maximum atomic E-state index is 12.0. The molecule has 0 heterocycles. The smallest absolute Gasteiger partial charge is 0.321 e. The van der Waals surface area contributed by atoms with Gasteiger partial charge in [-0.25, -0.2) is 0 Å². The van der Waals surface area contributed by atoms with Crippen molar-refractivity contribution in [2.75, 3.05) is 6.54 Å². The number of hydrogen-bond donors (Lipinski definition) is 2. The normalized spacial score (nSPS) is 12.6. The number of nitrogens with one attached hydrogen (secondary N) is 1. The third-order valence-corrected chi connectivity index (χ3v) is 3.80. The van der Waals surface area contributed by atoms with Crippen molar-refractivity contribution < 1.29 is 19.4 Å². The average Bonchev–Trinajstić information content (AvgIpc) is 2.58. The number of carbonyl (C=O) groups excluding carboxylic acids is 1.